The Hall–Kier alpha value is -3.35. The van der Waals surface area contributed by atoms with Gasteiger partial charge in [-0.25, -0.2) is 5.01 Å². The van der Waals surface area contributed by atoms with Crippen molar-refractivity contribution < 1.29 is 19.1 Å². The Morgan fingerprint density at radius 2 is 1.79 bits per heavy atom. The van der Waals surface area contributed by atoms with E-state index < -0.39 is 0 Å². The van der Waals surface area contributed by atoms with Gasteiger partial charge in [0, 0.05) is 18.4 Å². The molecule has 3 amide bonds. The Kier molecular flexibility index (Phi) is 5.93. The fourth-order valence-electron chi connectivity index (χ4n) is 2.93. The first-order valence-corrected chi connectivity index (χ1v) is 9.24. The number of carbonyl (C=O) groups is 3. The van der Waals surface area contributed by atoms with E-state index in [0.717, 1.165) is 11.3 Å². The first-order valence-electron chi connectivity index (χ1n) is 9.24. The molecule has 0 aliphatic carbocycles. The highest BCUT2D eigenvalue weighted by atomic mass is 16.5. The van der Waals surface area contributed by atoms with E-state index in [1.807, 2.05) is 38.1 Å². The Morgan fingerprint density at radius 3 is 2.43 bits per heavy atom. The topological polar surface area (TPSA) is 87.7 Å². The molecular weight excluding hydrogens is 358 g/mol. The van der Waals surface area contributed by atoms with Crippen molar-refractivity contribution in [1.29, 1.82) is 0 Å². The molecule has 0 aromatic heterocycles. The highest BCUT2D eigenvalue weighted by molar-refractivity contribution is 6.01. The molecule has 2 aromatic carbocycles. The minimum absolute atomic E-state index is 0.174. The molecule has 1 atom stereocenters. The quantitative estimate of drug-likeness (QED) is 0.805. The first kappa shape index (κ1) is 19.4. The number of hydrogen-bond acceptors (Lipinski definition) is 4. The fourth-order valence-corrected chi connectivity index (χ4v) is 2.93. The average Bonchev–Trinajstić information content (AvgIpc) is 2.70. The second kappa shape index (κ2) is 8.56. The van der Waals surface area contributed by atoms with E-state index in [0.29, 0.717) is 17.9 Å². The van der Waals surface area contributed by atoms with Gasteiger partial charge in [0.2, 0.25) is 11.8 Å². The molecule has 0 bridgehead atoms. The van der Waals surface area contributed by atoms with Crippen LogP contribution in [0.1, 0.15) is 48.7 Å². The van der Waals surface area contributed by atoms with Crippen LogP contribution in [0.3, 0.4) is 0 Å². The summed E-state index contributed by atoms with van der Waals surface area (Å²) in [5.41, 5.74) is 4.49. The normalized spacial score (nSPS) is 15.0. The van der Waals surface area contributed by atoms with Gasteiger partial charge >= 0.3 is 0 Å². The van der Waals surface area contributed by atoms with Crippen molar-refractivity contribution >= 4 is 23.4 Å². The molecule has 7 nitrogen and oxygen atoms in total. The van der Waals surface area contributed by atoms with Crippen LogP contribution in [0.15, 0.2) is 48.5 Å². The maximum absolute atomic E-state index is 12.5. The summed E-state index contributed by atoms with van der Waals surface area (Å²) in [6.45, 7) is 4.44. The lowest BCUT2D eigenvalue weighted by molar-refractivity contribution is -0.130. The lowest BCUT2D eigenvalue weighted by atomic mass is 10.1. The van der Waals surface area contributed by atoms with Crippen molar-refractivity contribution in [3.8, 4) is 5.75 Å². The van der Waals surface area contributed by atoms with Crippen LogP contribution in [-0.2, 0) is 9.59 Å². The number of hydrogen-bond donors (Lipinski definition) is 2. The van der Waals surface area contributed by atoms with Gasteiger partial charge in [-0.1, -0.05) is 12.1 Å². The van der Waals surface area contributed by atoms with Gasteiger partial charge in [0.15, 0.2) is 0 Å². The zero-order valence-corrected chi connectivity index (χ0v) is 15.9. The third-order valence-corrected chi connectivity index (χ3v) is 4.48. The van der Waals surface area contributed by atoms with Gasteiger partial charge < -0.3 is 10.1 Å². The smallest absolute Gasteiger partial charge is 0.251 e. The highest BCUT2D eigenvalue weighted by Crippen LogP contribution is 2.20. The van der Waals surface area contributed by atoms with Gasteiger partial charge in [0.1, 0.15) is 5.75 Å². The van der Waals surface area contributed by atoms with Crippen LogP contribution in [0.25, 0.3) is 0 Å². The van der Waals surface area contributed by atoms with E-state index >= 15 is 0 Å². The maximum Gasteiger partial charge on any atom is 0.251 e. The molecule has 3 rings (SSSR count). The van der Waals surface area contributed by atoms with E-state index in [2.05, 4.69) is 10.7 Å². The molecule has 1 saturated heterocycles. The summed E-state index contributed by atoms with van der Waals surface area (Å²) in [7, 11) is 0. The number of benzene rings is 2. The van der Waals surface area contributed by atoms with E-state index in [9.17, 15) is 14.4 Å². The van der Waals surface area contributed by atoms with E-state index in [4.69, 9.17) is 4.74 Å². The molecule has 1 aliphatic rings. The Morgan fingerprint density at radius 1 is 1.11 bits per heavy atom. The van der Waals surface area contributed by atoms with Gasteiger partial charge in [-0.3, -0.25) is 19.8 Å². The number of amides is 3. The Balaban J connectivity index is 1.64. The average molecular weight is 381 g/mol. The third-order valence-electron chi connectivity index (χ3n) is 4.48. The van der Waals surface area contributed by atoms with Crippen molar-refractivity contribution in [3.63, 3.8) is 0 Å². The summed E-state index contributed by atoms with van der Waals surface area (Å²) in [5, 5.41) is 4.17. The van der Waals surface area contributed by atoms with Gasteiger partial charge in [-0.05, 0) is 55.8 Å². The Labute approximate surface area is 163 Å². The molecule has 28 heavy (non-hydrogen) atoms. The van der Waals surface area contributed by atoms with E-state index in [1.165, 1.54) is 5.01 Å². The van der Waals surface area contributed by atoms with E-state index in [1.54, 1.807) is 24.3 Å². The van der Waals surface area contributed by atoms with Crippen molar-refractivity contribution in [1.82, 2.24) is 10.7 Å². The number of ether oxygens (including phenoxy) is 1. The molecule has 1 heterocycles. The van der Waals surface area contributed by atoms with Crippen LogP contribution in [0, 0.1) is 0 Å². The predicted octanol–water partition coefficient (Wildman–Crippen LogP) is 2.73. The first-order chi connectivity index (χ1) is 13.5. The van der Waals surface area contributed by atoms with E-state index in [-0.39, 0.29) is 36.6 Å². The molecule has 0 saturated carbocycles. The standard InChI is InChI=1S/C21H23N3O4/c1-3-28-18-10-6-15(7-11-18)14(2)22-21(27)16-4-8-17(9-5-16)24-20(26)13-12-19(25)23-24/h4-11,14H,3,12-13H2,1-2H3,(H,22,27)(H,23,25). The van der Waals surface area contributed by atoms with Gasteiger partial charge in [0.25, 0.3) is 5.91 Å². The molecule has 7 heteroatoms. The second-order valence-electron chi connectivity index (χ2n) is 6.51. The minimum Gasteiger partial charge on any atom is -0.494 e. The largest absolute Gasteiger partial charge is 0.494 e. The van der Waals surface area contributed by atoms with Crippen LogP contribution in [-0.4, -0.2) is 24.3 Å². The fraction of sp³-hybridized carbons (Fsp3) is 0.286. The number of nitrogens with one attached hydrogen (secondary N) is 2. The lowest BCUT2D eigenvalue weighted by Gasteiger charge is -2.27. The van der Waals surface area contributed by atoms with Gasteiger partial charge in [0.05, 0.1) is 18.3 Å². The molecule has 2 N–H and O–H groups in total. The molecular formula is C21H23N3O4. The van der Waals surface area contributed by atoms with Crippen LogP contribution in [0.4, 0.5) is 5.69 Å². The number of hydrazine groups is 1. The molecule has 1 unspecified atom stereocenters. The molecule has 0 radical (unpaired) electrons. The molecule has 1 fully saturated rings. The van der Waals surface area contributed by atoms with Crippen LogP contribution < -0.4 is 20.5 Å². The zero-order chi connectivity index (χ0) is 20.1. The predicted molar refractivity (Wildman–Crippen MR) is 105 cm³/mol. The number of rotatable bonds is 6. The summed E-state index contributed by atoms with van der Waals surface area (Å²) in [4.78, 5) is 36.0. The minimum atomic E-state index is -0.220. The molecule has 0 spiro atoms. The van der Waals surface area contributed by atoms with Gasteiger partial charge in [-0.2, -0.15) is 0 Å². The molecule has 146 valence electrons. The van der Waals surface area contributed by atoms with Crippen molar-refractivity contribution in [2.45, 2.75) is 32.7 Å². The summed E-state index contributed by atoms with van der Waals surface area (Å²) in [6, 6.07) is 14.0. The summed E-state index contributed by atoms with van der Waals surface area (Å²) >= 11 is 0. The maximum atomic E-state index is 12.5. The highest BCUT2D eigenvalue weighted by Gasteiger charge is 2.24. The SMILES string of the molecule is CCOc1ccc(C(C)NC(=O)c2ccc(N3NC(=O)CCC3=O)cc2)cc1. The second-order valence-corrected chi connectivity index (χ2v) is 6.51. The number of nitrogens with zero attached hydrogens (tertiary/aromatic N) is 1. The Bertz CT molecular complexity index is 862. The number of carbonyl (C=O) groups excluding carboxylic acids is 3. The summed E-state index contributed by atoms with van der Waals surface area (Å²) in [5.74, 6) is 0.188. The summed E-state index contributed by atoms with van der Waals surface area (Å²) < 4.78 is 5.42. The van der Waals surface area contributed by atoms with Crippen molar-refractivity contribution in [2.75, 3.05) is 11.6 Å². The van der Waals surface area contributed by atoms with Crippen LogP contribution in [0.2, 0.25) is 0 Å². The lowest BCUT2D eigenvalue weighted by Crippen LogP contribution is -2.50. The molecule has 1 aliphatic heterocycles. The summed E-state index contributed by atoms with van der Waals surface area (Å²) in [6.07, 6.45) is 0.368. The van der Waals surface area contributed by atoms with Gasteiger partial charge in [-0.15, -0.1) is 0 Å². The zero-order valence-electron chi connectivity index (χ0n) is 15.9. The molecule has 2 aromatic rings. The van der Waals surface area contributed by atoms with Crippen molar-refractivity contribution in [3.05, 3.63) is 59.7 Å². The third kappa shape index (κ3) is 4.49. The van der Waals surface area contributed by atoms with Crippen LogP contribution in [0.5, 0.6) is 5.75 Å². The number of anilines is 1. The van der Waals surface area contributed by atoms with Crippen LogP contribution >= 0.6 is 0 Å². The van der Waals surface area contributed by atoms with Crippen molar-refractivity contribution in [2.24, 2.45) is 0 Å². The monoisotopic (exact) mass is 381 g/mol.